The Labute approximate surface area is 450 Å². The van der Waals surface area contributed by atoms with E-state index in [4.69, 9.17) is 17.2 Å². The van der Waals surface area contributed by atoms with E-state index in [1.54, 1.807) is 44.2 Å². The molecular weight excluding hydrogens is 1000 g/mol. The number of carbonyl (C=O) groups excluding carboxylic acids is 10. The van der Waals surface area contributed by atoms with Gasteiger partial charge in [0.2, 0.25) is 59.1 Å². The summed E-state index contributed by atoms with van der Waals surface area (Å²) in [4.78, 5) is 139. The third-order valence-electron chi connectivity index (χ3n) is 12.6. The zero-order valence-electron chi connectivity index (χ0n) is 45.2. The fourth-order valence-corrected chi connectivity index (χ4v) is 8.23. The summed E-state index contributed by atoms with van der Waals surface area (Å²) in [5, 5.41) is 56.7. The minimum atomic E-state index is -1.79. The van der Waals surface area contributed by atoms with E-state index in [2.05, 4.69) is 53.2 Å². The SMILES string of the molecule is CCCCCCCC(=O)N[C@H](C(=O)N[C@H](CO)C(=O)N[C@H]1CCNC(=O)[C@H](C(C)O)NC(=O)[C@H](CCN)NC(=O)[C@H](CCCN)NC(=O)[C@H](CC(C)C)NC(=O)[C@@H](Cc2ccccc2)NC(=O)[C@H](CCN)NC1=O)C(C)O. The lowest BCUT2D eigenvalue weighted by atomic mass is 10.00. The molecule has 1 fully saturated rings. The molecule has 0 bridgehead atoms. The van der Waals surface area contributed by atoms with Crippen LogP contribution in [0.15, 0.2) is 30.3 Å². The molecule has 0 radical (unpaired) electrons. The van der Waals surface area contributed by atoms with Gasteiger partial charge in [-0.05, 0) is 89.9 Å². The molecule has 1 aromatic rings. The molecule has 1 heterocycles. The minimum absolute atomic E-state index is 0.00618. The predicted molar refractivity (Wildman–Crippen MR) is 284 cm³/mol. The van der Waals surface area contributed by atoms with Crippen molar-refractivity contribution in [2.24, 2.45) is 23.1 Å². The van der Waals surface area contributed by atoms with E-state index in [0.29, 0.717) is 12.0 Å². The molecule has 1 aliphatic rings. The number of unbranched alkanes of at least 4 members (excludes halogenated alkanes) is 4. The van der Waals surface area contributed by atoms with Gasteiger partial charge in [0.15, 0.2) is 0 Å². The molecule has 0 spiro atoms. The van der Waals surface area contributed by atoms with Crippen LogP contribution in [0.1, 0.15) is 117 Å². The highest BCUT2D eigenvalue weighted by Gasteiger charge is 2.37. The Morgan fingerprint density at radius 1 is 0.623 bits per heavy atom. The molecule has 11 atom stereocenters. The molecule has 2 unspecified atom stereocenters. The van der Waals surface area contributed by atoms with Gasteiger partial charge in [-0.15, -0.1) is 0 Å². The number of benzene rings is 1. The number of rotatable bonds is 25. The van der Waals surface area contributed by atoms with Crippen molar-refractivity contribution in [3.05, 3.63) is 35.9 Å². The van der Waals surface area contributed by atoms with Gasteiger partial charge < -0.3 is 85.7 Å². The standard InChI is InChI=1S/C51H87N13O13/c1-6-7-8-9-13-18-40(68)63-42(31(5)67)51(77)62-39(28-65)49(75)59-36-21-25-55-50(76)41(30(4)66)64-46(72)35(20-24-54)58-43(69)33(17-14-22-52)56-47(73)37(26-29(2)3)60-48(74)38(27-32-15-11-10-12-16-32)61-44(70)34(19-23-53)57-45(36)71/h10-12,15-16,29-31,33-39,41-42,65-67H,6-9,13-14,17-28,52-54H2,1-5H3,(H,55,76)(H,56,73)(H,57,71)(H,58,69)(H,59,75)(H,60,74)(H,61,70)(H,62,77)(H,63,68)(H,64,72)/t30?,31?,33-,34-,35-,36-,37-,38+,39+,41-,42-/m0/s1. The average molecular weight is 1090 g/mol. The van der Waals surface area contributed by atoms with Gasteiger partial charge in [0.05, 0.1) is 18.8 Å². The summed E-state index contributed by atoms with van der Waals surface area (Å²) < 4.78 is 0. The van der Waals surface area contributed by atoms with Crippen LogP contribution in [0.3, 0.4) is 0 Å². The van der Waals surface area contributed by atoms with E-state index < -0.39 is 145 Å². The Morgan fingerprint density at radius 2 is 1.16 bits per heavy atom. The van der Waals surface area contributed by atoms with Crippen LogP contribution < -0.4 is 70.4 Å². The van der Waals surface area contributed by atoms with E-state index in [1.807, 2.05) is 6.92 Å². The molecule has 19 N–H and O–H groups in total. The molecule has 26 nitrogen and oxygen atoms in total. The molecule has 1 aliphatic heterocycles. The smallest absolute Gasteiger partial charge is 0.245 e. The van der Waals surface area contributed by atoms with Crippen LogP contribution in [0.4, 0.5) is 0 Å². The van der Waals surface area contributed by atoms with Crippen LogP contribution in [0, 0.1) is 5.92 Å². The van der Waals surface area contributed by atoms with Crippen molar-refractivity contribution >= 4 is 59.1 Å². The first-order valence-electron chi connectivity index (χ1n) is 26.7. The maximum atomic E-state index is 14.4. The minimum Gasteiger partial charge on any atom is -0.394 e. The fraction of sp³-hybridized carbons (Fsp3) is 0.686. The van der Waals surface area contributed by atoms with E-state index >= 15 is 0 Å². The van der Waals surface area contributed by atoms with Gasteiger partial charge in [-0.25, -0.2) is 0 Å². The zero-order chi connectivity index (χ0) is 57.6. The summed E-state index contributed by atoms with van der Waals surface area (Å²) in [6.07, 6.45) is 0.613. The Balaban J connectivity index is 2.68. The van der Waals surface area contributed by atoms with Gasteiger partial charge in [-0.3, -0.25) is 47.9 Å². The van der Waals surface area contributed by atoms with Crippen LogP contribution in [-0.2, 0) is 54.4 Å². The lowest BCUT2D eigenvalue weighted by molar-refractivity contribution is -0.137. The lowest BCUT2D eigenvalue weighted by Crippen LogP contribution is -2.61. The van der Waals surface area contributed by atoms with Crippen molar-refractivity contribution < 1.29 is 63.3 Å². The van der Waals surface area contributed by atoms with Crippen LogP contribution in [0.25, 0.3) is 0 Å². The molecule has 434 valence electrons. The number of hydrogen-bond donors (Lipinski definition) is 16. The van der Waals surface area contributed by atoms with Crippen molar-refractivity contribution in [3.63, 3.8) is 0 Å². The molecule has 1 aromatic carbocycles. The highest BCUT2D eigenvalue weighted by Crippen LogP contribution is 2.12. The molecule has 10 amide bonds. The molecule has 1 saturated heterocycles. The number of hydrogen-bond acceptors (Lipinski definition) is 16. The second kappa shape index (κ2) is 35.9. The lowest BCUT2D eigenvalue weighted by Gasteiger charge is -2.28. The topological polar surface area (TPSA) is 430 Å². The normalized spacial score (nSPS) is 23.3. The van der Waals surface area contributed by atoms with E-state index in [1.165, 1.54) is 13.8 Å². The van der Waals surface area contributed by atoms with Gasteiger partial charge in [-0.2, -0.15) is 0 Å². The summed E-state index contributed by atoms with van der Waals surface area (Å²) in [6.45, 7) is 6.38. The van der Waals surface area contributed by atoms with Gasteiger partial charge in [0.25, 0.3) is 0 Å². The maximum Gasteiger partial charge on any atom is 0.245 e. The summed E-state index contributed by atoms with van der Waals surface area (Å²) in [6, 6.07) is -4.96. The van der Waals surface area contributed by atoms with E-state index in [9.17, 15) is 63.3 Å². The van der Waals surface area contributed by atoms with Crippen molar-refractivity contribution in [2.75, 3.05) is 32.8 Å². The molecule has 26 heteroatoms. The molecule has 0 saturated carbocycles. The van der Waals surface area contributed by atoms with Gasteiger partial charge in [0.1, 0.15) is 54.4 Å². The van der Waals surface area contributed by atoms with Crippen molar-refractivity contribution in [2.45, 2.75) is 185 Å². The maximum absolute atomic E-state index is 14.4. The number of nitrogens with one attached hydrogen (secondary N) is 10. The highest BCUT2D eigenvalue weighted by molar-refractivity contribution is 5.99. The fourth-order valence-electron chi connectivity index (χ4n) is 8.23. The first kappa shape index (κ1) is 66.8. The summed E-state index contributed by atoms with van der Waals surface area (Å²) in [5.41, 5.74) is 18.1. The van der Waals surface area contributed by atoms with Crippen molar-refractivity contribution in [1.82, 2.24) is 53.2 Å². The number of carbonyl (C=O) groups is 10. The Hall–Kier alpha value is -6.32. The Bertz CT molecular complexity index is 2070. The summed E-state index contributed by atoms with van der Waals surface area (Å²) >= 11 is 0. The quantitative estimate of drug-likeness (QED) is 0.0412. The molecule has 0 aromatic heterocycles. The zero-order valence-corrected chi connectivity index (χ0v) is 45.2. The van der Waals surface area contributed by atoms with E-state index in [-0.39, 0.29) is 70.5 Å². The third kappa shape index (κ3) is 24.3. The molecule has 0 aliphatic carbocycles. The molecular formula is C51H87N13O13. The van der Waals surface area contributed by atoms with Crippen LogP contribution in [-0.4, -0.2) is 174 Å². The van der Waals surface area contributed by atoms with Gasteiger partial charge in [-0.1, -0.05) is 76.8 Å². The van der Waals surface area contributed by atoms with Gasteiger partial charge >= 0.3 is 0 Å². The number of amides is 10. The predicted octanol–water partition coefficient (Wildman–Crippen LogP) is -4.29. The molecule has 77 heavy (non-hydrogen) atoms. The number of aliphatic hydroxyl groups excluding tert-OH is 3. The first-order valence-corrected chi connectivity index (χ1v) is 26.7. The number of nitrogens with two attached hydrogens (primary N) is 3. The molecule has 2 rings (SSSR count). The van der Waals surface area contributed by atoms with Crippen molar-refractivity contribution in [3.8, 4) is 0 Å². The summed E-state index contributed by atoms with van der Waals surface area (Å²) in [5.74, 6) is -9.20. The van der Waals surface area contributed by atoms with Crippen LogP contribution in [0.5, 0.6) is 0 Å². The van der Waals surface area contributed by atoms with Crippen LogP contribution >= 0.6 is 0 Å². The second-order valence-corrected chi connectivity index (χ2v) is 19.8. The first-order chi connectivity index (χ1) is 36.6. The van der Waals surface area contributed by atoms with E-state index in [0.717, 1.165) is 25.7 Å². The van der Waals surface area contributed by atoms with Gasteiger partial charge in [0, 0.05) is 19.4 Å². The monoisotopic (exact) mass is 1090 g/mol. The Morgan fingerprint density at radius 3 is 1.70 bits per heavy atom. The third-order valence-corrected chi connectivity index (χ3v) is 12.6. The second-order valence-electron chi connectivity index (χ2n) is 19.8. The highest BCUT2D eigenvalue weighted by atomic mass is 16.3. The average Bonchev–Trinajstić information content (AvgIpc) is 3.38. The Kier molecular flexibility index (Phi) is 31.1. The van der Waals surface area contributed by atoms with Crippen molar-refractivity contribution in [1.29, 1.82) is 0 Å². The largest absolute Gasteiger partial charge is 0.394 e. The van der Waals surface area contributed by atoms with Crippen LogP contribution in [0.2, 0.25) is 0 Å². The number of aliphatic hydroxyl groups is 3. The summed E-state index contributed by atoms with van der Waals surface area (Å²) in [7, 11) is 0.